The second kappa shape index (κ2) is 8.14. The number of halogens is 1. The van der Waals surface area contributed by atoms with Crippen LogP contribution in [0.3, 0.4) is 0 Å². The zero-order chi connectivity index (χ0) is 16.9. The molecule has 7 heteroatoms. The van der Waals surface area contributed by atoms with Crippen LogP contribution in [0.2, 0.25) is 5.15 Å². The predicted molar refractivity (Wildman–Crippen MR) is 92.5 cm³/mol. The molecule has 1 N–H and O–H groups in total. The summed E-state index contributed by atoms with van der Waals surface area (Å²) in [6, 6.07) is 1.78. The summed E-state index contributed by atoms with van der Waals surface area (Å²) < 4.78 is 11.0. The molecule has 2 saturated heterocycles. The minimum Gasteiger partial charge on any atom is -0.381 e. The molecular weight excluding hydrogens is 330 g/mol. The molecule has 1 unspecified atom stereocenters. The van der Waals surface area contributed by atoms with E-state index >= 15 is 0 Å². The number of aromatic nitrogens is 1. The minimum atomic E-state index is -0.0965. The lowest BCUT2D eigenvalue weighted by molar-refractivity contribution is -0.00505. The predicted octanol–water partition coefficient (Wildman–Crippen LogP) is 3.09. The fourth-order valence-electron chi connectivity index (χ4n) is 3.32. The molecule has 0 aliphatic carbocycles. The van der Waals surface area contributed by atoms with Gasteiger partial charge in [0.25, 0.3) is 0 Å². The SMILES string of the molecule is Cc1c(NC(=O)N2CCOCC2CC2CCOCC2)ccnc1Cl. The summed E-state index contributed by atoms with van der Waals surface area (Å²) in [7, 11) is 0. The summed E-state index contributed by atoms with van der Waals surface area (Å²) in [6.07, 6.45) is 4.69. The second-order valence-corrected chi connectivity index (χ2v) is 6.78. The average Bonchev–Trinajstić information content (AvgIpc) is 2.60. The fourth-order valence-corrected chi connectivity index (χ4v) is 3.48. The number of amides is 2. The molecule has 132 valence electrons. The van der Waals surface area contributed by atoms with E-state index in [9.17, 15) is 4.79 Å². The summed E-state index contributed by atoms with van der Waals surface area (Å²) in [5.74, 6) is 0.595. The number of morpholine rings is 1. The topological polar surface area (TPSA) is 63.7 Å². The van der Waals surface area contributed by atoms with Crippen LogP contribution in [0.5, 0.6) is 0 Å². The molecule has 1 atom stereocenters. The van der Waals surface area contributed by atoms with Crippen LogP contribution >= 0.6 is 11.6 Å². The van der Waals surface area contributed by atoms with Crippen molar-refractivity contribution in [2.75, 3.05) is 38.3 Å². The van der Waals surface area contributed by atoms with Gasteiger partial charge in [-0.1, -0.05) is 11.6 Å². The number of ether oxygens (including phenoxy) is 2. The van der Waals surface area contributed by atoms with Crippen molar-refractivity contribution in [3.63, 3.8) is 0 Å². The third-order valence-corrected chi connectivity index (χ3v) is 5.20. The lowest BCUT2D eigenvalue weighted by atomic mass is 9.92. The quantitative estimate of drug-likeness (QED) is 0.848. The molecule has 1 aromatic rings. The lowest BCUT2D eigenvalue weighted by Gasteiger charge is -2.38. The maximum Gasteiger partial charge on any atom is 0.322 e. The summed E-state index contributed by atoms with van der Waals surface area (Å²) in [4.78, 5) is 18.7. The maximum absolute atomic E-state index is 12.8. The molecule has 0 spiro atoms. The Morgan fingerprint density at radius 1 is 1.38 bits per heavy atom. The van der Waals surface area contributed by atoms with E-state index in [2.05, 4.69) is 10.3 Å². The van der Waals surface area contributed by atoms with Gasteiger partial charge < -0.3 is 19.7 Å². The Labute approximate surface area is 147 Å². The molecular formula is C17H24ClN3O3. The highest BCUT2D eigenvalue weighted by Gasteiger charge is 2.30. The molecule has 2 aliphatic heterocycles. The van der Waals surface area contributed by atoms with E-state index in [1.165, 1.54) is 0 Å². The molecule has 24 heavy (non-hydrogen) atoms. The van der Waals surface area contributed by atoms with Gasteiger partial charge in [-0.15, -0.1) is 0 Å². The number of nitrogens with one attached hydrogen (secondary N) is 1. The Bertz CT molecular complexity index is 578. The molecule has 6 nitrogen and oxygen atoms in total. The van der Waals surface area contributed by atoms with Gasteiger partial charge in [0.15, 0.2) is 0 Å². The first-order valence-corrected chi connectivity index (χ1v) is 8.87. The molecule has 2 amide bonds. The Balaban J connectivity index is 1.65. The van der Waals surface area contributed by atoms with Gasteiger partial charge in [-0.25, -0.2) is 9.78 Å². The first-order chi connectivity index (χ1) is 11.6. The zero-order valence-electron chi connectivity index (χ0n) is 14.0. The standard InChI is InChI=1S/C17H24ClN3O3/c1-12-15(2-5-19-16(12)18)20-17(22)21-6-9-24-11-14(21)10-13-3-7-23-8-4-13/h2,5,13-14H,3-4,6-11H2,1H3,(H,19,20,22). The van der Waals surface area contributed by atoms with E-state index in [0.29, 0.717) is 36.5 Å². The molecule has 2 fully saturated rings. The van der Waals surface area contributed by atoms with Crippen molar-refractivity contribution in [1.29, 1.82) is 0 Å². The number of hydrogen-bond donors (Lipinski definition) is 1. The van der Waals surface area contributed by atoms with Crippen LogP contribution in [-0.4, -0.2) is 54.9 Å². The number of pyridine rings is 1. The van der Waals surface area contributed by atoms with Crippen molar-refractivity contribution < 1.29 is 14.3 Å². The van der Waals surface area contributed by atoms with Crippen molar-refractivity contribution in [1.82, 2.24) is 9.88 Å². The van der Waals surface area contributed by atoms with E-state index in [4.69, 9.17) is 21.1 Å². The molecule has 0 saturated carbocycles. The van der Waals surface area contributed by atoms with Crippen molar-refractivity contribution in [3.05, 3.63) is 23.0 Å². The van der Waals surface area contributed by atoms with Gasteiger partial charge in [0.2, 0.25) is 0 Å². The smallest absolute Gasteiger partial charge is 0.322 e. The molecule has 3 rings (SSSR count). The normalized spacial score (nSPS) is 22.4. The van der Waals surface area contributed by atoms with Gasteiger partial charge in [-0.3, -0.25) is 0 Å². The van der Waals surface area contributed by atoms with Crippen LogP contribution < -0.4 is 5.32 Å². The van der Waals surface area contributed by atoms with Crippen LogP contribution in [-0.2, 0) is 9.47 Å². The van der Waals surface area contributed by atoms with Crippen molar-refractivity contribution >= 4 is 23.3 Å². The zero-order valence-corrected chi connectivity index (χ0v) is 14.7. The molecule has 1 aromatic heterocycles. The van der Waals surface area contributed by atoms with Crippen LogP contribution in [0, 0.1) is 12.8 Å². The van der Waals surface area contributed by atoms with Crippen molar-refractivity contribution in [3.8, 4) is 0 Å². The highest BCUT2D eigenvalue weighted by atomic mass is 35.5. The first kappa shape index (κ1) is 17.5. The van der Waals surface area contributed by atoms with Gasteiger partial charge >= 0.3 is 6.03 Å². The Morgan fingerprint density at radius 2 is 2.17 bits per heavy atom. The first-order valence-electron chi connectivity index (χ1n) is 8.49. The number of anilines is 1. The second-order valence-electron chi connectivity index (χ2n) is 6.42. The van der Waals surface area contributed by atoms with Crippen LogP contribution in [0.15, 0.2) is 12.3 Å². The summed E-state index contributed by atoms with van der Waals surface area (Å²) in [5.41, 5.74) is 1.48. The highest BCUT2D eigenvalue weighted by molar-refractivity contribution is 6.30. The minimum absolute atomic E-state index is 0.0965. The van der Waals surface area contributed by atoms with Gasteiger partial charge in [0.05, 0.1) is 19.3 Å². The molecule has 0 aromatic carbocycles. The van der Waals surface area contributed by atoms with E-state index in [1.54, 1.807) is 12.3 Å². The van der Waals surface area contributed by atoms with Gasteiger partial charge in [-0.2, -0.15) is 0 Å². The van der Waals surface area contributed by atoms with E-state index in [-0.39, 0.29) is 12.1 Å². The summed E-state index contributed by atoms with van der Waals surface area (Å²) >= 11 is 6.03. The number of rotatable bonds is 3. The molecule has 2 aliphatic rings. The Morgan fingerprint density at radius 3 is 2.96 bits per heavy atom. The van der Waals surface area contributed by atoms with Gasteiger partial charge in [-0.05, 0) is 38.2 Å². The number of urea groups is 1. The lowest BCUT2D eigenvalue weighted by Crippen LogP contribution is -2.51. The van der Waals surface area contributed by atoms with Crippen LogP contribution in [0.25, 0.3) is 0 Å². The molecule has 0 bridgehead atoms. The Kier molecular flexibility index (Phi) is 5.92. The number of hydrogen-bond acceptors (Lipinski definition) is 4. The monoisotopic (exact) mass is 353 g/mol. The third-order valence-electron chi connectivity index (χ3n) is 4.82. The summed E-state index contributed by atoms with van der Waals surface area (Å²) in [5, 5.41) is 3.38. The van der Waals surface area contributed by atoms with Crippen LogP contribution in [0.1, 0.15) is 24.8 Å². The van der Waals surface area contributed by atoms with Crippen molar-refractivity contribution in [2.45, 2.75) is 32.2 Å². The Hall–Kier alpha value is -1.37. The summed E-state index contributed by atoms with van der Waals surface area (Å²) in [6.45, 7) is 5.27. The number of carbonyl (C=O) groups is 1. The van der Waals surface area contributed by atoms with Crippen molar-refractivity contribution in [2.24, 2.45) is 5.92 Å². The number of carbonyl (C=O) groups excluding carboxylic acids is 1. The average molecular weight is 354 g/mol. The van der Waals surface area contributed by atoms with Gasteiger partial charge in [0.1, 0.15) is 5.15 Å². The van der Waals surface area contributed by atoms with Gasteiger partial charge in [0, 0.05) is 37.2 Å². The van der Waals surface area contributed by atoms with E-state index < -0.39 is 0 Å². The van der Waals surface area contributed by atoms with E-state index in [0.717, 1.165) is 38.0 Å². The van der Waals surface area contributed by atoms with E-state index in [1.807, 2.05) is 11.8 Å². The largest absolute Gasteiger partial charge is 0.381 e. The highest BCUT2D eigenvalue weighted by Crippen LogP contribution is 2.25. The molecule has 3 heterocycles. The fraction of sp³-hybridized carbons (Fsp3) is 0.647. The maximum atomic E-state index is 12.8. The molecule has 0 radical (unpaired) electrons. The third kappa shape index (κ3) is 4.18. The van der Waals surface area contributed by atoms with Crippen LogP contribution in [0.4, 0.5) is 10.5 Å². The number of nitrogens with zero attached hydrogens (tertiary/aromatic N) is 2.